The predicted octanol–water partition coefficient (Wildman–Crippen LogP) is 2.17. The van der Waals surface area contributed by atoms with Crippen LogP contribution in [0.5, 0.6) is 0 Å². The molecule has 7 heteroatoms. The van der Waals surface area contributed by atoms with Gasteiger partial charge >= 0.3 is 0 Å². The normalized spacial score (nSPS) is 18.0. The van der Waals surface area contributed by atoms with Crippen LogP contribution in [0.2, 0.25) is 0 Å². The zero-order chi connectivity index (χ0) is 19.0. The summed E-state index contributed by atoms with van der Waals surface area (Å²) in [5, 5.41) is 0. The van der Waals surface area contributed by atoms with Crippen LogP contribution in [0.4, 0.5) is 4.39 Å². The standard InChI is InChI=1S/C19H29FN2O3S/c1-16(14-22-8-10-25-11-9-22)15-26(23,24)19-6-4-17(5-7-19)2-3-18(12-20)13-21/h4-7,12,16H,2-3,8-11,13-15,21H2,1H3/b18-12-/t16-/m0/s1. The first-order chi connectivity index (χ1) is 12.4. The van der Waals surface area contributed by atoms with Crippen LogP contribution in [0.3, 0.4) is 0 Å². The number of aryl methyl sites for hydroxylation is 1. The van der Waals surface area contributed by atoms with Gasteiger partial charge in [0.15, 0.2) is 9.84 Å². The summed E-state index contributed by atoms with van der Waals surface area (Å²) < 4.78 is 43.1. The number of sulfone groups is 1. The van der Waals surface area contributed by atoms with Gasteiger partial charge < -0.3 is 10.5 Å². The lowest BCUT2D eigenvalue weighted by Gasteiger charge is -2.29. The molecule has 1 aliphatic heterocycles. The highest BCUT2D eigenvalue weighted by atomic mass is 32.2. The Labute approximate surface area is 155 Å². The molecule has 0 saturated carbocycles. The second kappa shape index (κ2) is 10.2. The first kappa shape index (κ1) is 21.0. The van der Waals surface area contributed by atoms with E-state index >= 15 is 0 Å². The molecule has 0 aliphatic carbocycles. The average Bonchev–Trinajstić information content (AvgIpc) is 2.63. The zero-order valence-corrected chi connectivity index (χ0v) is 16.2. The van der Waals surface area contributed by atoms with Crippen molar-refractivity contribution in [1.29, 1.82) is 0 Å². The van der Waals surface area contributed by atoms with Gasteiger partial charge in [0, 0.05) is 26.2 Å². The predicted molar refractivity (Wildman–Crippen MR) is 101 cm³/mol. The van der Waals surface area contributed by atoms with Crippen molar-refractivity contribution in [3.8, 4) is 0 Å². The lowest BCUT2D eigenvalue weighted by atomic mass is 10.1. The van der Waals surface area contributed by atoms with Crippen LogP contribution >= 0.6 is 0 Å². The van der Waals surface area contributed by atoms with Gasteiger partial charge in [-0.3, -0.25) is 4.90 Å². The minimum atomic E-state index is -3.32. The summed E-state index contributed by atoms with van der Waals surface area (Å²) in [6, 6.07) is 6.89. The molecule has 0 unspecified atom stereocenters. The first-order valence-electron chi connectivity index (χ1n) is 9.04. The second-order valence-electron chi connectivity index (χ2n) is 6.91. The smallest absolute Gasteiger partial charge is 0.178 e. The van der Waals surface area contributed by atoms with E-state index < -0.39 is 9.84 Å². The Hall–Kier alpha value is -1.28. The minimum absolute atomic E-state index is 0.0552. The van der Waals surface area contributed by atoms with E-state index in [0.29, 0.717) is 42.9 Å². The van der Waals surface area contributed by atoms with Crippen molar-refractivity contribution in [1.82, 2.24) is 4.90 Å². The molecule has 1 saturated heterocycles. The largest absolute Gasteiger partial charge is 0.379 e. The van der Waals surface area contributed by atoms with Gasteiger partial charge in [-0.25, -0.2) is 12.8 Å². The zero-order valence-electron chi connectivity index (χ0n) is 15.4. The van der Waals surface area contributed by atoms with E-state index in [4.69, 9.17) is 10.5 Å². The lowest BCUT2D eigenvalue weighted by Crippen LogP contribution is -2.40. The van der Waals surface area contributed by atoms with Crippen LogP contribution < -0.4 is 5.73 Å². The minimum Gasteiger partial charge on any atom is -0.379 e. The SMILES string of the molecule is C[C@@H](CN1CCOCC1)CS(=O)(=O)c1ccc(CC/C(=C/F)CN)cc1. The fourth-order valence-electron chi connectivity index (χ4n) is 3.12. The number of nitrogens with two attached hydrogens (primary N) is 1. The van der Waals surface area contributed by atoms with Crippen LogP contribution in [-0.4, -0.2) is 58.5 Å². The van der Waals surface area contributed by atoms with Gasteiger partial charge in [-0.05, 0) is 42.0 Å². The highest BCUT2D eigenvalue weighted by molar-refractivity contribution is 7.91. The van der Waals surface area contributed by atoms with Crippen LogP contribution in [0, 0.1) is 5.92 Å². The fraction of sp³-hybridized carbons (Fsp3) is 0.579. The molecule has 0 radical (unpaired) electrons. The Morgan fingerprint density at radius 2 is 1.96 bits per heavy atom. The molecule has 2 rings (SSSR count). The Morgan fingerprint density at radius 3 is 2.54 bits per heavy atom. The molecule has 0 bridgehead atoms. The molecule has 1 fully saturated rings. The summed E-state index contributed by atoms with van der Waals surface area (Å²) in [4.78, 5) is 2.59. The molecule has 1 heterocycles. The van der Waals surface area contributed by atoms with Gasteiger partial charge in [0.2, 0.25) is 0 Å². The Balaban J connectivity index is 1.91. The van der Waals surface area contributed by atoms with Gasteiger partial charge in [0.05, 0.1) is 30.2 Å². The van der Waals surface area contributed by atoms with E-state index in [1.54, 1.807) is 24.3 Å². The number of hydrogen-bond acceptors (Lipinski definition) is 5. The third-order valence-electron chi connectivity index (χ3n) is 4.61. The number of morpholine rings is 1. The maximum Gasteiger partial charge on any atom is 0.178 e. The molecule has 1 aliphatic rings. The van der Waals surface area contributed by atoms with Gasteiger partial charge in [-0.2, -0.15) is 0 Å². The van der Waals surface area contributed by atoms with Crippen LogP contribution in [0.1, 0.15) is 18.9 Å². The van der Waals surface area contributed by atoms with Crippen LogP contribution in [0.15, 0.2) is 41.1 Å². The highest BCUT2D eigenvalue weighted by Crippen LogP contribution is 2.18. The van der Waals surface area contributed by atoms with Crippen molar-refractivity contribution >= 4 is 9.84 Å². The van der Waals surface area contributed by atoms with E-state index in [1.165, 1.54) is 0 Å². The molecule has 26 heavy (non-hydrogen) atoms. The summed E-state index contributed by atoms with van der Waals surface area (Å²) in [6.07, 6.45) is 1.73. The first-order valence-corrected chi connectivity index (χ1v) is 10.7. The monoisotopic (exact) mass is 384 g/mol. The Bertz CT molecular complexity index is 683. The molecule has 1 aromatic rings. The van der Waals surface area contributed by atoms with E-state index in [2.05, 4.69) is 4.90 Å². The van der Waals surface area contributed by atoms with Crippen LogP contribution in [0.25, 0.3) is 0 Å². The third kappa shape index (κ3) is 6.46. The van der Waals surface area contributed by atoms with Crippen LogP contribution in [-0.2, 0) is 21.0 Å². The summed E-state index contributed by atoms with van der Waals surface area (Å²) in [5.74, 6) is 0.186. The number of halogens is 1. The fourth-order valence-corrected chi connectivity index (χ4v) is 4.72. The van der Waals surface area contributed by atoms with Gasteiger partial charge in [-0.1, -0.05) is 19.1 Å². The summed E-state index contributed by atoms with van der Waals surface area (Å²) >= 11 is 0. The molecule has 0 amide bonds. The Morgan fingerprint density at radius 1 is 1.31 bits per heavy atom. The summed E-state index contributed by atoms with van der Waals surface area (Å²) in [6.45, 7) is 6.07. The van der Waals surface area contributed by atoms with Crippen molar-refractivity contribution < 1.29 is 17.5 Å². The van der Waals surface area contributed by atoms with Gasteiger partial charge in [0.25, 0.3) is 0 Å². The molecule has 146 valence electrons. The number of ether oxygens (including phenoxy) is 1. The molecular formula is C19H29FN2O3S. The topological polar surface area (TPSA) is 72.6 Å². The number of nitrogens with zero attached hydrogens (tertiary/aromatic N) is 1. The molecule has 0 spiro atoms. The van der Waals surface area contributed by atoms with E-state index in [1.807, 2.05) is 6.92 Å². The van der Waals surface area contributed by atoms with Crippen molar-refractivity contribution in [2.45, 2.75) is 24.7 Å². The van der Waals surface area contributed by atoms with E-state index in [9.17, 15) is 12.8 Å². The summed E-state index contributed by atoms with van der Waals surface area (Å²) in [7, 11) is -3.32. The van der Waals surface area contributed by atoms with Crippen molar-refractivity contribution in [3.05, 3.63) is 41.7 Å². The van der Waals surface area contributed by atoms with E-state index in [-0.39, 0.29) is 18.2 Å². The van der Waals surface area contributed by atoms with Crippen molar-refractivity contribution in [2.75, 3.05) is 45.1 Å². The lowest BCUT2D eigenvalue weighted by molar-refractivity contribution is 0.0330. The Kier molecular flexibility index (Phi) is 8.21. The number of hydrogen-bond donors (Lipinski definition) is 1. The molecular weight excluding hydrogens is 355 g/mol. The second-order valence-corrected chi connectivity index (χ2v) is 8.95. The third-order valence-corrected chi connectivity index (χ3v) is 6.61. The average molecular weight is 385 g/mol. The van der Waals surface area contributed by atoms with Crippen molar-refractivity contribution in [2.24, 2.45) is 11.7 Å². The molecule has 1 atom stereocenters. The van der Waals surface area contributed by atoms with Gasteiger partial charge in [-0.15, -0.1) is 0 Å². The maximum absolute atomic E-state index is 12.6. The molecule has 5 nitrogen and oxygen atoms in total. The number of rotatable bonds is 9. The molecule has 2 N–H and O–H groups in total. The van der Waals surface area contributed by atoms with Gasteiger partial charge in [0.1, 0.15) is 0 Å². The number of benzene rings is 1. The van der Waals surface area contributed by atoms with E-state index in [0.717, 1.165) is 25.2 Å². The maximum atomic E-state index is 12.6. The molecule has 1 aromatic carbocycles. The quantitative estimate of drug-likeness (QED) is 0.706. The molecule has 0 aromatic heterocycles. The summed E-state index contributed by atoms with van der Waals surface area (Å²) in [5.41, 5.74) is 6.97. The highest BCUT2D eigenvalue weighted by Gasteiger charge is 2.21. The van der Waals surface area contributed by atoms with Crippen molar-refractivity contribution in [3.63, 3.8) is 0 Å².